The fourth-order valence-corrected chi connectivity index (χ4v) is 1.92. The van der Waals surface area contributed by atoms with Crippen LogP contribution in [0.5, 0.6) is 0 Å². The molecule has 20 heavy (non-hydrogen) atoms. The van der Waals surface area contributed by atoms with Crippen molar-refractivity contribution in [1.82, 2.24) is 10.6 Å². The second kappa shape index (κ2) is 7.68. The van der Waals surface area contributed by atoms with Gasteiger partial charge in [-0.2, -0.15) is 0 Å². The zero-order valence-corrected chi connectivity index (χ0v) is 12.7. The number of benzene rings is 1. The first kappa shape index (κ1) is 16.2. The Hall–Kier alpha value is -1.84. The second-order valence-electron chi connectivity index (χ2n) is 5.24. The van der Waals surface area contributed by atoms with Gasteiger partial charge in [-0.05, 0) is 25.8 Å². The maximum Gasteiger partial charge on any atom is 0.222 e. The summed E-state index contributed by atoms with van der Waals surface area (Å²) in [7, 11) is 0. The third-order valence-corrected chi connectivity index (χ3v) is 3.27. The van der Waals surface area contributed by atoms with Crippen molar-refractivity contribution in [2.24, 2.45) is 0 Å². The Morgan fingerprint density at radius 3 is 2.25 bits per heavy atom. The molecule has 2 unspecified atom stereocenters. The molecular formula is C16H24N2O2. The molecule has 0 heterocycles. The Kier molecular flexibility index (Phi) is 6.22. The van der Waals surface area contributed by atoms with Crippen LogP contribution in [0.25, 0.3) is 0 Å². The van der Waals surface area contributed by atoms with E-state index in [2.05, 4.69) is 10.6 Å². The number of aryl methyl sites for hydroxylation is 1. The van der Waals surface area contributed by atoms with Crippen LogP contribution in [0, 0.1) is 6.92 Å². The van der Waals surface area contributed by atoms with Gasteiger partial charge < -0.3 is 10.6 Å². The average Bonchev–Trinajstić information content (AvgIpc) is 2.38. The molecule has 2 amide bonds. The molecule has 0 fully saturated rings. The lowest BCUT2D eigenvalue weighted by atomic mass is 10.0. The zero-order chi connectivity index (χ0) is 15.1. The largest absolute Gasteiger partial charge is 0.354 e. The van der Waals surface area contributed by atoms with Crippen LogP contribution >= 0.6 is 0 Å². The van der Waals surface area contributed by atoms with Gasteiger partial charge in [0.1, 0.15) is 0 Å². The molecule has 1 aromatic carbocycles. The average molecular weight is 276 g/mol. The molecule has 0 spiro atoms. The van der Waals surface area contributed by atoms with Crippen LogP contribution in [0.15, 0.2) is 24.3 Å². The quantitative estimate of drug-likeness (QED) is 0.838. The lowest BCUT2D eigenvalue weighted by Gasteiger charge is -2.19. The van der Waals surface area contributed by atoms with Crippen LogP contribution in [0.4, 0.5) is 0 Å². The third kappa shape index (κ3) is 5.43. The molecular weight excluding hydrogens is 252 g/mol. The normalized spacial score (nSPS) is 13.4. The first-order valence-corrected chi connectivity index (χ1v) is 7.05. The van der Waals surface area contributed by atoms with Crippen molar-refractivity contribution >= 4 is 11.8 Å². The number of amides is 2. The monoisotopic (exact) mass is 276 g/mol. The van der Waals surface area contributed by atoms with E-state index in [1.807, 2.05) is 45.0 Å². The van der Waals surface area contributed by atoms with Crippen LogP contribution in [-0.4, -0.2) is 17.9 Å². The van der Waals surface area contributed by atoms with Gasteiger partial charge in [-0.3, -0.25) is 9.59 Å². The lowest BCUT2D eigenvalue weighted by molar-refractivity contribution is -0.123. The summed E-state index contributed by atoms with van der Waals surface area (Å²) in [6.45, 7) is 7.47. The predicted octanol–water partition coefficient (Wildman–Crippen LogP) is 2.48. The van der Waals surface area contributed by atoms with Gasteiger partial charge in [-0.25, -0.2) is 0 Å². The van der Waals surface area contributed by atoms with Crippen molar-refractivity contribution in [3.05, 3.63) is 35.4 Å². The standard InChI is InChI=1S/C16H24N2O2/c1-5-12(3)17-16(20)10-15(18-13(4)19)14-8-6-11(2)7-9-14/h6-9,12,15H,5,10H2,1-4H3,(H,17,20)(H,18,19). The molecule has 0 aliphatic heterocycles. The van der Waals surface area contributed by atoms with E-state index in [1.165, 1.54) is 6.92 Å². The van der Waals surface area contributed by atoms with E-state index in [0.29, 0.717) is 0 Å². The zero-order valence-electron chi connectivity index (χ0n) is 12.7. The van der Waals surface area contributed by atoms with Gasteiger partial charge in [-0.1, -0.05) is 36.8 Å². The second-order valence-corrected chi connectivity index (χ2v) is 5.24. The highest BCUT2D eigenvalue weighted by Crippen LogP contribution is 2.17. The van der Waals surface area contributed by atoms with E-state index in [4.69, 9.17) is 0 Å². The van der Waals surface area contributed by atoms with Gasteiger partial charge in [0.15, 0.2) is 0 Å². The Morgan fingerprint density at radius 2 is 1.75 bits per heavy atom. The third-order valence-electron chi connectivity index (χ3n) is 3.27. The topological polar surface area (TPSA) is 58.2 Å². The fourth-order valence-electron chi connectivity index (χ4n) is 1.92. The van der Waals surface area contributed by atoms with E-state index < -0.39 is 0 Å². The van der Waals surface area contributed by atoms with Gasteiger partial charge in [-0.15, -0.1) is 0 Å². The number of rotatable bonds is 6. The number of hydrogen-bond donors (Lipinski definition) is 2. The number of nitrogens with one attached hydrogen (secondary N) is 2. The molecule has 0 radical (unpaired) electrons. The lowest BCUT2D eigenvalue weighted by Crippen LogP contribution is -2.36. The van der Waals surface area contributed by atoms with Crippen LogP contribution in [0.1, 0.15) is 50.8 Å². The van der Waals surface area contributed by atoms with Crippen molar-refractivity contribution in [1.29, 1.82) is 0 Å². The molecule has 0 aliphatic carbocycles. The molecule has 1 rings (SSSR count). The summed E-state index contributed by atoms with van der Waals surface area (Å²) >= 11 is 0. The van der Waals surface area contributed by atoms with Crippen LogP contribution in [0.2, 0.25) is 0 Å². The summed E-state index contributed by atoms with van der Waals surface area (Å²) in [6.07, 6.45) is 1.15. The van der Waals surface area contributed by atoms with E-state index in [0.717, 1.165) is 17.5 Å². The Bertz CT molecular complexity index is 454. The summed E-state index contributed by atoms with van der Waals surface area (Å²) < 4.78 is 0. The number of carbonyl (C=O) groups excluding carboxylic acids is 2. The minimum absolute atomic E-state index is 0.0429. The van der Waals surface area contributed by atoms with E-state index in [9.17, 15) is 9.59 Å². The van der Waals surface area contributed by atoms with E-state index >= 15 is 0 Å². The van der Waals surface area contributed by atoms with Crippen molar-refractivity contribution in [3.63, 3.8) is 0 Å². The highest BCUT2D eigenvalue weighted by Gasteiger charge is 2.17. The van der Waals surface area contributed by atoms with Crippen LogP contribution in [-0.2, 0) is 9.59 Å². The first-order valence-electron chi connectivity index (χ1n) is 7.05. The summed E-state index contributed by atoms with van der Waals surface area (Å²) in [5.41, 5.74) is 2.10. The molecule has 0 aliphatic rings. The van der Waals surface area contributed by atoms with Gasteiger partial charge in [0.2, 0.25) is 11.8 Å². The molecule has 4 heteroatoms. The molecule has 0 saturated heterocycles. The molecule has 0 bridgehead atoms. The Labute approximate surface area is 121 Å². The van der Waals surface area contributed by atoms with E-state index in [1.54, 1.807) is 0 Å². The first-order chi connectivity index (χ1) is 9.42. The van der Waals surface area contributed by atoms with Gasteiger partial charge in [0.05, 0.1) is 12.5 Å². The van der Waals surface area contributed by atoms with Crippen LogP contribution < -0.4 is 10.6 Å². The van der Waals surface area contributed by atoms with Gasteiger partial charge in [0.25, 0.3) is 0 Å². The molecule has 4 nitrogen and oxygen atoms in total. The maximum atomic E-state index is 12.0. The summed E-state index contributed by atoms with van der Waals surface area (Å²) in [5.74, 6) is -0.175. The van der Waals surface area contributed by atoms with Gasteiger partial charge in [0, 0.05) is 13.0 Å². The minimum Gasteiger partial charge on any atom is -0.354 e. The smallest absolute Gasteiger partial charge is 0.222 e. The Balaban J connectivity index is 2.76. The highest BCUT2D eigenvalue weighted by molar-refractivity contribution is 5.79. The molecule has 0 aromatic heterocycles. The number of carbonyl (C=O) groups is 2. The van der Waals surface area contributed by atoms with Gasteiger partial charge >= 0.3 is 0 Å². The summed E-state index contributed by atoms with van der Waals surface area (Å²) in [5, 5.41) is 5.76. The Morgan fingerprint density at radius 1 is 1.15 bits per heavy atom. The van der Waals surface area contributed by atoms with Crippen molar-refractivity contribution in [2.45, 2.75) is 52.6 Å². The highest BCUT2D eigenvalue weighted by atomic mass is 16.2. The van der Waals surface area contributed by atoms with E-state index in [-0.39, 0.29) is 30.3 Å². The van der Waals surface area contributed by atoms with Crippen molar-refractivity contribution in [2.75, 3.05) is 0 Å². The van der Waals surface area contributed by atoms with Crippen molar-refractivity contribution in [3.8, 4) is 0 Å². The van der Waals surface area contributed by atoms with Crippen molar-refractivity contribution < 1.29 is 9.59 Å². The SMILES string of the molecule is CCC(C)NC(=O)CC(NC(C)=O)c1ccc(C)cc1. The number of hydrogen-bond acceptors (Lipinski definition) is 2. The summed E-state index contributed by atoms with van der Waals surface area (Å²) in [4.78, 5) is 23.3. The molecule has 2 N–H and O–H groups in total. The molecule has 0 saturated carbocycles. The molecule has 1 aromatic rings. The summed E-state index contributed by atoms with van der Waals surface area (Å²) in [6, 6.07) is 7.74. The molecule has 2 atom stereocenters. The molecule has 110 valence electrons. The maximum absolute atomic E-state index is 12.0. The van der Waals surface area contributed by atoms with Crippen LogP contribution in [0.3, 0.4) is 0 Å². The fraction of sp³-hybridized carbons (Fsp3) is 0.500. The predicted molar refractivity (Wildman–Crippen MR) is 80.2 cm³/mol. The minimum atomic E-state index is -0.280.